The Morgan fingerprint density at radius 1 is 1.13 bits per heavy atom. The molecule has 0 unspecified atom stereocenters. The molecule has 7 heteroatoms. The summed E-state index contributed by atoms with van der Waals surface area (Å²) in [5.74, 6) is -0.404. The Labute approximate surface area is 176 Å². The summed E-state index contributed by atoms with van der Waals surface area (Å²) in [5.41, 5.74) is 0.496. The molecule has 0 aliphatic carbocycles. The molecule has 1 saturated heterocycles. The van der Waals surface area contributed by atoms with Crippen molar-refractivity contribution in [1.82, 2.24) is 4.90 Å². The van der Waals surface area contributed by atoms with Crippen LogP contribution in [0.3, 0.4) is 0 Å². The van der Waals surface area contributed by atoms with Crippen LogP contribution in [0.4, 0.5) is 0 Å². The highest BCUT2D eigenvalue weighted by molar-refractivity contribution is 6.46. The van der Waals surface area contributed by atoms with Gasteiger partial charge in [0, 0.05) is 5.56 Å². The molecular weight excluding hydrogens is 384 g/mol. The lowest BCUT2D eigenvalue weighted by molar-refractivity contribution is -0.895. The highest BCUT2D eigenvalue weighted by atomic mass is 16.5. The number of carbonyl (C=O) groups excluding carboxylic acids is 2. The predicted octanol–water partition coefficient (Wildman–Crippen LogP) is 2.02. The second kappa shape index (κ2) is 9.63. The van der Waals surface area contributed by atoms with Crippen molar-refractivity contribution in [2.45, 2.75) is 26.8 Å². The topological polar surface area (TPSA) is 84.4 Å². The number of aliphatic hydroxyl groups is 1. The number of amides is 1. The Morgan fingerprint density at radius 3 is 2.40 bits per heavy atom. The molecule has 160 valence electrons. The second-order valence-electron chi connectivity index (χ2n) is 7.17. The highest BCUT2D eigenvalue weighted by Gasteiger charge is 2.47. The summed E-state index contributed by atoms with van der Waals surface area (Å²) in [4.78, 5) is 28.6. The molecule has 2 aromatic rings. The van der Waals surface area contributed by atoms with E-state index >= 15 is 0 Å². The van der Waals surface area contributed by atoms with Crippen LogP contribution in [0, 0.1) is 0 Å². The molecule has 1 atom stereocenters. The van der Waals surface area contributed by atoms with Gasteiger partial charge in [0.15, 0.2) is 0 Å². The molecule has 1 amide bonds. The van der Waals surface area contributed by atoms with Crippen molar-refractivity contribution < 1.29 is 28.7 Å². The van der Waals surface area contributed by atoms with Gasteiger partial charge in [0.1, 0.15) is 23.3 Å². The SMILES string of the molecule is CCOc1ccc(/C(O)=C2/C(=O)C(=O)N(CC[NH+](CC)CC)[C@@H]2c2ccco2)cc1. The maximum Gasteiger partial charge on any atom is 0.295 e. The van der Waals surface area contributed by atoms with Gasteiger partial charge in [-0.25, -0.2) is 0 Å². The van der Waals surface area contributed by atoms with Crippen molar-refractivity contribution in [3.05, 3.63) is 59.6 Å². The molecule has 30 heavy (non-hydrogen) atoms. The van der Waals surface area contributed by atoms with Gasteiger partial charge in [0.2, 0.25) is 0 Å². The second-order valence-corrected chi connectivity index (χ2v) is 7.17. The summed E-state index contributed by atoms with van der Waals surface area (Å²) in [6.07, 6.45) is 1.50. The number of hydrogen-bond donors (Lipinski definition) is 2. The number of furan rings is 1. The number of carbonyl (C=O) groups is 2. The molecule has 0 radical (unpaired) electrons. The van der Waals surface area contributed by atoms with E-state index in [2.05, 4.69) is 13.8 Å². The lowest BCUT2D eigenvalue weighted by atomic mass is 9.99. The van der Waals surface area contributed by atoms with Gasteiger partial charge in [-0.3, -0.25) is 9.59 Å². The van der Waals surface area contributed by atoms with E-state index in [1.165, 1.54) is 16.1 Å². The van der Waals surface area contributed by atoms with Crippen LogP contribution in [0.5, 0.6) is 5.75 Å². The van der Waals surface area contributed by atoms with E-state index in [0.717, 1.165) is 13.1 Å². The number of benzene rings is 1. The van der Waals surface area contributed by atoms with Crippen molar-refractivity contribution in [3.8, 4) is 5.75 Å². The molecule has 1 aliphatic rings. The van der Waals surface area contributed by atoms with Crippen LogP contribution in [0.1, 0.15) is 38.1 Å². The zero-order valence-electron chi connectivity index (χ0n) is 17.7. The van der Waals surface area contributed by atoms with E-state index in [0.29, 0.717) is 36.8 Å². The fourth-order valence-corrected chi connectivity index (χ4v) is 3.77. The number of nitrogens with zero attached hydrogens (tertiary/aromatic N) is 1. The first-order chi connectivity index (χ1) is 14.5. The number of nitrogens with one attached hydrogen (secondary N) is 1. The fourth-order valence-electron chi connectivity index (χ4n) is 3.77. The summed E-state index contributed by atoms with van der Waals surface area (Å²) in [5, 5.41) is 11.0. The Balaban J connectivity index is 1.99. The van der Waals surface area contributed by atoms with E-state index in [9.17, 15) is 14.7 Å². The first-order valence-corrected chi connectivity index (χ1v) is 10.4. The molecule has 2 N–H and O–H groups in total. The van der Waals surface area contributed by atoms with Crippen LogP contribution >= 0.6 is 0 Å². The Morgan fingerprint density at radius 2 is 1.83 bits per heavy atom. The van der Waals surface area contributed by atoms with Gasteiger partial charge in [0.05, 0.1) is 44.6 Å². The van der Waals surface area contributed by atoms with Crippen molar-refractivity contribution in [1.29, 1.82) is 0 Å². The number of ether oxygens (including phenoxy) is 1. The van der Waals surface area contributed by atoms with Crippen molar-refractivity contribution in [3.63, 3.8) is 0 Å². The van der Waals surface area contributed by atoms with Crippen LogP contribution in [-0.2, 0) is 9.59 Å². The van der Waals surface area contributed by atoms with E-state index in [4.69, 9.17) is 9.15 Å². The average molecular weight is 413 g/mol. The molecule has 1 fully saturated rings. The number of likely N-dealkylation sites (tertiary alicyclic amines) is 1. The normalized spacial score (nSPS) is 18.4. The third-order valence-corrected chi connectivity index (χ3v) is 5.50. The van der Waals surface area contributed by atoms with Crippen LogP contribution in [0.25, 0.3) is 5.76 Å². The maximum absolute atomic E-state index is 12.9. The molecule has 7 nitrogen and oxygen atoms in total. The summed E-state index contributed by atoms with van der Waals surface area (Å²) in [7, 11) is 0. The zero-order chi connectivity index (χ0) is 21.7. The Bertz CT molecular complexity index is 898. The van der Waals surface area contributed by atoms with Crippen molar-refractivity contribution in [2.75, 3.05) is 32.8 Å². The standard InChI is InChI=1S/C23H28N2O5/c1-4-24(5-2)13-14-25-20(18-8-7-15-30-18)19(22(27)23(25)28)21(26)16-9-11-17(12-10-16)29-6-3/h7-12,15,20,26H,4-6,13-14H2,1-3H3/p+1/b21-19-/t20-/m1/s1. The average Bonchev–Trinajstić information content (AvgIpc) is 3.37. The zero-order valence-corrected chi connectivity index (χ0v) is 17.7. The quantitative estimate of drug-likeness (QED) is 0.373. The van der Waals surface area contributed by atoms with Gasteiger partial charge in [-0.2, -0.15) is 0 Å². The summed E-state index contributed by atoms with van der Waals surface area (Å²) < 4.78 is 11.0. The van der Waals surface area contributed by atoms with Gasteiger partial charge in [-0.15, -0.1) is 0 Å². The number of rotatable bonds is 9. The van der Waals surface area contributed by atoms with Crippen LogP contribution < -0.4 is 9.64 Å². The van der Waals surface area contributed by atoms with Gasteiger partial charge in [-0.05, 0) is 57.2 Å². The minimum Gasteiger partial charge on any atom is -0.507 e. The number of quaternary nitrogens is 1. The van der Waals surface area contributed by atoms with Crippen molar-refractivity contribution >= 4 is 17.4 Å². The highest BCUT2D eigenvalue weighted by Crippen LogP contribution is 2.39. The van der Waals surface area contributed by atoms with Crippen molar-refractivity contribution in [2.24, 2.45) is 0 Å². The van der Waals surface area contributed by atoms with Gasteiger partial charge in [0.25, 0.3) is 11.7 Å². The number of ketones is 1. The van der Waals surface area contributed by atoms with E-state index in [1.807, 2.05) is 6.92 Å². The molecule has 1 aromatic heterocycles. The summed E-state index contributed by atoms with van der Waals surface area (Å²) >= 11 is 0. The lowest BCUT2D eigenvalue weighted by Crippen LogP contribution is -3.12. The number of aliphatic hydroxyl groups excluding tert-OH is 1. The third kappa shape index (κ3) is 4.26. The molecule has 1 aliphatic heterocycles. The Kier molecular flexibility index (Phi) is 6.95. The van der Waals surface area contributed by atoms with Crippen LogP contribution in [0.15, 0.2) is 52.7 Å². The fraction of sp³-hybridized carbons (Fsp3) is 0.391. The van der Waals surface area contributed by atoms with E-state index in [1.54, 1.807) is 36.4 Å². The molecule has 0 spiro atoms. The largest absolute Gasteiger partial charge is 0.507 e. The monoisotopic (exact) mass is 413 g/mol. The van der Waals surface area contributed by atoms with Gasteiger partial charge in [-0.1, -0.05) is 0 Å². The maximum atomic E-state index is 12.9. The Hall–Kier alpha value is -3.06. The number of Topliss-reactive ketones (excluding diaryl/α,β-unsaturated/α-hetero) is 1. The first kappa shape index (κ1) is 21.6. The van der Waals surface area contributed by atoms with Crippen LogP contribution in [-0.4, -0.2) is 54.5 Å². The summed E-state index contributed by atoms with van der Waals surface area (Å²) in [6.45, 7) is 9.55. The predicted molar refractivity (Wildman–Crippen MR) is 112 cm³/mol. The minimum absolute atomic E-state index is 0.0497. The van der Waals surface area contributed by atoms with E-state index < -0.39 is 17.7 Å². The van der Waals surface area contributed by atoms with Crippen LogP contribution in [0.2, 0.25) is 0 Å². The molecular formula is C23H29N2O5+. The number of hydrogen-bond acceptors (Lipinski definition) is 5. The molecule has 1 aromatic carbocycles. The first-order valence-electron chi connectivity index (χ1n) is 10.4. The molecule has 2 heterocycles. The van der Waals surface area contributed by atoms with Gasteiger partial charge < -0.3 is 24.1 Å². The minimum atomic E-state index is -0.749. The van der Waals surface area contributed by atoms with E-state index in [-0.39, 0.29) is 11.3 Å². The lowest BCUT2D eigenvalue weighted by Gasteiger charge is -2.25. The molecule has 0 bridgehead atoms. The summed E-state index contributed by atoms with van der Waals surface area (Å²) in [6, 6.07) is 9.48. The smallest absolute Gasteiger partial charge is 0.295 e. The van der Waals surface area contributed by atoms with Gasteiger partial charge >= 0.3 is 0 Å². The number of likely N-dealkylation sites (N-methyl/N-ethyl adjacent to an activating group) is 1. The molecule has 0 saturated carbocycles. The molecule has 3 rings (SSSR count). The third-order valence-electron chi connectivity index (χ3n) is 5.50.